The number of nitrogens with two attached hydrogens (primary N) is 1. The predicted octanol–water partition coefficient (Wildman–Crippen LogP) is 2.04. The molecule has 1 heterocycles. The number of ether oxygens (including phenoxy) is 2. The van der Waals surface area contributed by atoms with Crippen LogP contribution in [0, 0.1) is 0 Å². The van der Waals surface area contributed by atoms with Gasteiger partial charge in [0.2, 0.25) is 0 Å². The first-order valence-electron chi connectivity index (χ1n) is 6.68. The van der Waals surface area contributed by atoms with Gasteiger partial charge in [-0.15, -0.1) is 11.3 Å². The van der Waals surface area contributed by atoms with Crippen LogP contribution < -0.4 is 14.8 Å². The first-order valence-corrected chi connectivity index (χ1v) is 7.94. The molecule has 0 aliphatic carbocycles. The number of methoxy groups -OCH3 is 1. The summed E-state index contributed by atoms with van der Waals surface area (Å²) in [5.41, 5.74) is 1.04. The lowest BCUT2D eigenvalue weighted by atomic mass is 10.2. The summed E-state index contributed by atoms with van der Waals surface area (Å²) in [5.74, 6) is 1.20. The zero-order valence-corrected chi connectivity index (χ0v) is 13.4. The zero-order valence-electron chi connectivity index (χ0n) is 11.8. The summed E-state index contributed by atoms with van der Waals surface area (Å²) in [6.07, 6.45) is 0. The van der Waals surface area contributed by atoms with Crippen molar-refractivity contribution in [3.63, 3.8) is 0 Å². The molecule has 0 radical (unpaired) electrons. The number of aliphatic hydroxyl groups is 1. The van der Waals surface area contributed by atoms with Crippen LogP contribution >= 0.6 is 22.9 Å². The van der Waals surface area contributed by atoms with Crippen LogP contribution in [0.4, 0.5) is 0 Å². The molecule has 1 aromatic carbocycles. The van der Waals surface area contributed by atoms with Crippen molar-refractivity contribution < 1.29 is 19.9 Å². The molecule has 0 fully saturated rings. The Labute approximate surface area is 133 Å². The van der Waals surface area contributed by atoms with E-state index in [1.807, 2.05) is 35.0 Å². The molecule has 6 heteroatoms. The molecule has 2 aromatic rings. The molecule has 0 saturated carbocycles. The van der Waals surface area contributed by atoms with E-state index < -0.39 is 0 Å². The second-order valence-corrected chi connectivity index (χ2v) is 5.92. The van der Waals surface area contributed by atoms with Crippen LogP contribution in [-0.2, 0) is 13.2 Å². The number of thiophene rings is 1. The van der Waals surface area contributed by atoms with Gasteiger partial charge in [0.25, 0.3) is 0 Å². The fraction of sp³-hybridized carbons (Fsp3) is 0.333. The zero-order chi connectivity index (χ0) is 15.1. The minimum atomic E-state index is 0.160. The van der Waals surface area contributed by atoms with Gasteiger partial charge in [0.05, 0.1) is 25.3 Å². The number of quaternary nitrogens is 1. The van der Waals surface area contributed by atoms with Crippen molar-refractivity contribution in [3.8, 4) is 11.5 Å². The summed E-state index contributed by atoms with van der Waals surface area (Å²) < 4.78 is 11.2. The van der Waals surface area contributed by atoms with Crippen molar-refractivity contribution in [1.82, 2.24) is 0 Å². The molecular formula is C15H19ClNO3S+. The van der Waals surface area contributed by atoms with E-state index >= 15 is 0 Å². The molecule has 4 nitrogen and oxygen atoms in total. The lowest BCUT2D eigenvalue weighted by molar-refractivity contribution is -0.671. The van der Waals surface area contributed by atoms with E-state index in [-0.39, 0.29) is 6.61 Å². The molecule has 0 unspecified atom stereocenters. The second kappa shape index (κ2) is 8.24. The minimum Gasteiger partial charge on any atom is -0.493 e. The van der Waals surface area contributed by atoms with Gasteiger partial charge in [-0.3, -0.25) is 0 Å². The third kappa shape index (κ3) is 4.61. The van der Waals surface area contributed by atoms with Gasteiger partial charge in [-0.2, -0.15) is 0 Å². The summed E-state index contributed by atoms with van der Waals surface area (Å²) in [6.45, 7) is 2.04. The van der Waals surface area contributed by atoms with Gasteiger partial charge in [-0.1, -0.05) is 17.7 Å². The smallest absolute Gasteiger partial charge is 0.180 e. The first kappa shape index (κ1) is 16.1. The molecule has 1 aromatic heterocycles. The average Bonchev–Trinajstić information content (AvgIpc) is 2.99. The van der Waals surface area contributed by atoms with Crippen LogP contribution in [0.1, 0.15) is 10.4 Å². The first-order chi connectivity index (χ1) is 10.2. The maximum Gasteiger partial charge on any atom is 0.180 e. The second-order valence-electron chi connectivity index (χ2n) is 4.48. The van der Waals surface area contributed by atoms with Crippen molar-refractivity contribution in [2.45, 2.75) is 13.2 Å². The highest BCUT2D eigenvalue weighted by molar-refractivity contribution is 7.09. The van der Waals surface area contributed by atoms with Gasteiger partial charge in [0, 0.05) is 10.4 Å². The lowest BCUT2D eigenvalue weighted by Gasteiger charge is -2.13. The number of aliphatic hydroxyl groups excluding tert-OH is 1. The van der Waals surface area contributed by atoms with Crippen molar-refractivity contribution in [2.75, 3.05) is 20.3 Å². The van der Waals surface area contributed by atoms with Gasteiger partial charge in [-0.25, -0.2) is 0 Å². The molecule has 0 aliphatic rings. The lowest BCUT2D eigenvalue weighted by Crippen LogP contribution is -2.83. The topological polar surface area (TPSA) is 55.3 Å². The summed E-state index contributed by atoms with van der Waals surface area (Å²) in [6, 6.07) is 7.80. The maximum absolute atomic E-state index is 8.80. The number of rotatable bonds is 8. The number of hydrogen-bond donors (Lipinski definition) is 2. The van der Waals surface area contributed by atoms with Crippen LogP contribution in [0.3, 0.4) is 0 Å². The molecule has 0 aliphatic heterocycles. The molecule has 2 rings (SSSR count). The fourth-order valence-electron chi connectivity index (χ4n) is 1.93. The quantitative estimate of drug-likeness (QED) is 0.729. The van der Waals surface area contributed by atoms with Crippen molar-refractivity contribution in [2.24, 2.45) is 0 Å². The van der Waals surface area contributed by atoms with Crippen molar-refractivity contribution in [3.05, 3.63) is 45.1 Å². The Hall–Kier alpha value is -1.27. The molecule has 0 atom stereocenters. The number of benzene rings is 1. The predicted molar refractivity (Wildman–Crippen MR) is 84.2 cm³/mol. The highest BCUT2D eigenvalue weighted by Gasteiger charge is 2.13. The Bertz CT molecular complexity index is 560. The van der Waals surface area contributed by atoms with Crippen LogP contribution in [0.15, 0.2) is 29.6 Å². The molecule has 21 heavy (non-hydrogen) atoms. The van der Waals surface area contributed by atoms with Gasteiger partial charge < -0.3 is 19.9 Å². The minimum absolute atomic E-state index is 0.160. The Balaban J connectivity index is 2.09. The third-order valence-electron chi connectivity index (χ3n) is 2.94. The largest absolute Gasteiger partial charge is 0.493 e. The summed E-state index contributed by atoms with van der Waals surface area (Å²) >= 11 is 7.94. The Kier molecular flexibility index (Phi) is 6.32. The Morgan fingerprint density at radius 1 is 1.38 bits per heavy atom. The normalized spacial score (nSPS) is 10.6. The average molecular weight is 329 g/mol. The molecule has 3 N–H and O–H groups in total. The van der Waals surface area contributed by atoms with E-state index in [9.17, 15) is 0 Å². The van der Waals surface area contributed by atoms with E-state index in [0.717, 1.165) is 17.0 Å². The standard InChI is InChI=1S/C15H18ClNO3S/c1-19-14-8-11(9-17-4-5-18)7-13(16)15(14)20-10-12-3-2-6-21-12/h2-3,6-8,17-18H,4-5,9-10H2,1H3/p+1. The van der Waals surface area contributed by atoms with Gasteiger partial charge in [0.15, 0.2) is 11.5 Å². The number of hydrogen-bond acceptors (Lipinski definition) is 4. The van der Waals surface area contributed by atoms with Gasteiger partial charge >= 0.3 is 0 Å². The van der Waals surface area contributed by atoms with Gasteiger partial charge in [0.1, 0.15) is 13.2 Å². The van der Waals surface area contributed by atoms with E-state index in [4.69, 9.17) is 26.2 Å². The van der Waals surface area contributed by atoms with Crippen LogP contribution in [0.2, 0.25) is 5.02 Å². The molecule has 114 valence electrons. The van der Waals surface area contributed by atoms with Crippen LogP contribution in [0.25, 0.3) is 0 Å². The monoisotopic (exact) mass is 328 g/mol. The summed E-state index contributed by atoms with van der Waals surface area (Å²) in [5, 5.41) is 13.4. The van der Waals surface area contributed by atoms with Crippen LogP contribution in [-0.4, -0.2) is 25.4 Å². The number of halogens is 1. The Morgan fingerprint density at radius 3 is 2.90 bits per heavy atom. The van der Waals surface area contributed by atoms with Gasteiger partial charge in [-0.05, 0) is 23.6 Å². The molecule has 0 saturated heterocycles. The van der Waals surface area contributed by atoms with E-state index in [1.54, 1.807) is 18.4 Å². The van der Waals surface area contributed by atoms with E-state index in [1.165, 1.54) is 0 Å². The van der Waals surface area contributed by atoms with Crippen molar-refractivity contribution >= 4 is 22.9 Å². The highest BCUT2D eigenvalue weighted by Crippen LogP contribution is 2.37. The van der Waals surface area contributed by atoms with E-state index in [0.29, 0.717) is 29.7 Å². The molecule has 0 amide bonds. The fourth-order valence-corrected chi connectivity index (χ4v) is 2.83. The Morgan fingerprint density at radius 2 is 2.24 bits per heavy atom. The SMILES string of the molecule is COc1cc(C[NH2+]CCO)cc(Cl)c1OCc1cccs1. The molecule has 0 spiro atoms. The summed E-state index contributed by atoms with van der Waals surface area (Å²) in [4.78, 5) is 1.13. The molecule has 0 bridgehead atoms. The molecular weight excluding hydrogens is 310 g/mol. The third-order valence-corrected chi connectivity index (χ3v) is 4.07. The summed E-state index contributed by atoms with van der Waals surface area (Å²) in [7, 11) is 1.60. The van der Waals surface area contributed by atoms with Crippen LogP contribution in [0.5, 0.6) is 11.5 Å². The highest BCUT2D eigenvalue weighted by atomic mass is 35.5. The van der Waals surface area contributed by atoms with Crippen molar-refractivity contribution in [1.29, 1.82) is 0 Å². The maximum atomic E-state index is 8.80. The van der Waals surface area contributed by atoms with E-state index in [2.05, 4.69) is 0 Å².